The molecule has 1 aromatic heterocycles. The van der Waals surface area contributed by atoms with Crippen LogP contribution in [0.25, 0.3) is 0 Å². The molecule has 1 aliphatic carbocycles. The molecular formula is C19H23FN4O. The van der Waals surface area contributed by atoms with Crippen LogP contribution < -0.4 is 10.6 Å². The van der Waals surface area contributed by atoms with Crippen molar-refractivity contribution in [2.75, 3.05) is 5.32 Å². The lowest BCUT2D eigenvalue weighted by molar-refractivity contribution is 0.0932. The summed E-state index contributed by atoms with van der Waals surface area (Å²) < 4.78 is 12.9. The first-order valence-corrected chi connectivity index (χ1v) is 8.82. The SMILES string of the molecule is O=C(NC1CCCCCC1)c1cnc(NCc2ccc(F)cc2)nc1. The number of nitrogens with one attached hydrogen (secondary N) is 2. The predicted octanol–water partition coefficient (Wildman–Crippen LogP) is 3.68. The second kappa shape index (κ2) is 8.55. The number of carbonyl (C=O) groups is 1. The highest BCUT2D eigenvalue weighted by Gasteiger charge is 2.16. The van der Waals surface area contributed by atoms with Crippen molar-refractivity contribution in [1.29, 1.82) is 0 Å². The highest BCUT2D eigenvalue weighted by molar-refractivity contribution is 5.93. The number of benzene rings is 1. The summed E-state index contributed by atoms with van der Waals surface area (Å²) in [5.74, 6) is 0.0661. The average Bonchev–Trinajstić information content (AvgIpc) is 2.90. The van der Waals surface area contributed by atoms with E-state index in [9.17, 15) is 9.18 Å². The van der Waals surface area contributed by atoms with E-state index in [1.54, 1.807) is 12.1 Å². The number of anilines is 1. The van der Waals surface area contributed by atoms with Crippen LogP contribution in [-0.2, 0) is 6.54 Å². The maximum atomic E-state index is 12.9. The number of amides is 1. The van der Waals surface area contributed by atoms with E-state index in [-0.39, 0.29) is 17.8 Å². The largest absolute Gasteiger partial charge is 0.350 e. The van der Waals surface area contributed by atoms with Crippen LogP contribution in [-0.4, -0.2) is 21.9 Å². The molecule has 1 aromatic carbocycles. The van der Waals surface area contributed by atoms with Gasteiger partial charge in [0.25, 0.3) is 5.91 Å². The summed E-state index contributed by atoms with van der Waals surface area (Å²) in [4.78, 5) is 20.7. The van der Waals surface area contributed by atoms with E-state index in [1.807, 2.05) is 0 Å². The van der Waals surface area contributed by atoms with Gasteiger partial charge in [-0.3, -0.25) is 4.79 Å². The molecule has 0 unspecified atom stereocenters. The van der Waals surface area contributed by atoms with Gasteiger partial charge >= 0.3 is 0 Å². The number of aromatic nitrogens is 2. The van der Waals surface area contributed by atoms with E-state index in [4.69, 9.17) is 0 Å². The Morgan fingerprint density at radius 3 is 2.32 bits per heavy atom. The number of rotatable bonds is 5. The van der Waals surface area contributed by atoms with Crippen LogP contribution in [0.3, 0.4) is 0 Å². The lowest BCUT2D eigenvalue weighted by atomic mass is 10.1. The Labute approximate surface area is 147 Å². The molecular weight excluding hydrogens is 319 g/mol. The summed E-state index contributed by atoms with van der Waals surface area (Å²) >= 11 is 0. The molecule has 0 spiro atoms. The molecule has 0 radical (unpaired) electrons. The minimum Gasteiger partial charge on any atom is -0.350 e. The van der Waals surface area contributed by atoms with E-state index in [0.29, 0.717) is 18.1 Å². The number of halogens is 1. The van der Waals surface area contributed by atoms with E-state index in [0.717, 1.165) is 18.4 Å². The van der Waals surface area contributed by atoms with Crippen molar-refractivity contribution in [2.24, 2.45) is 0 Å². The zero-order chi connectivity index (χ0) is 17.5. The van der Waals surface area contributed by atoms with Gasteiger partial charge in [0.1, 0.15) is 5.82 Å². The maximum absolute atomic E-state index is 12.9. The smallest absolute Gasteiger partial charge is 0.254 e. The van der Waals surface area contributed by atoms with Crippen LogP contribution in [0.2, 0.25) is 0 Å². The van der Waals surface area contributed by atoms with Crippen LogP contribution >= 0.6 is 0 Å². The lowest BCUT2D eigenvalue weighted by Crippen LogP contribution is -2.34. The number of hydrogen-bond acceptors (Lipinski definition) is 4. The summed E-state index contributed by atoms with van der Waals surface area (Å²) in [6.45, 7) is 0.494. The van der Waals surface area contributed by atoms with Crippen molar-refractivity contribution in [3.63, 3.8) is 0 Å². The minimum atomic E-state index is -0.260. The van der Waals surface area contributed by atoms with Crippen LogP contribution in [0.5, 0.6) is 0 Å². The first-order chi connectivity index (χ1) is 12.2. The van der Waals surface area contributed by atoms with Gasteiger partial charge in [-0.15, -0.1) is 0 Å². The molecule has 1 saturated carbocycles. The highest BCUT2D eigenvalue weighted by Crippen LogP contribution is 2.17. The molecule has 0 saturated heterocycles. The van der Waals surface area contributed by atoms with Crippen molar-refractivity contribution >= 4 is 11.9 Å². The van der Waals surface area contributed by atoms with Crippen molar-refractivity contribution < 1.29 is 9.18 Å². The van der Waals surface area contributed by atoms with Gasteiger partial charge in [0.05, 0.1) is 5.56 Å². The van der Waals surface area contributed by atoms with E-state index in [1.165, 1.54) is 50.2 Å². The molecule has 2 N–H and O–H groups in total. The van der Waals surface area contributed by atoms with Crippen LogP contribution in [0.1, 0.15) is 54.4 Å². The molecule has 1 amide bonds. The highest BCUT2D eigenvalue weighted by atomic mass is 19.1. The second-order valence-corrected chi connectivity index (χ2v) is 6.44. The van der Waals surface area contributed by atoms with Crippen LogP contribution in [0.15, 0.2) is 36.7 Å². The van der Waals surface area contributed by atoms with Gasteiger partial charge in [0, 0.05) is 25.0 Å². The van der Waals surface area contributed by atoms with Gasteiger partial charge in [-0.2, -0.15) is 0 Å². The molecule has 25 heavy (non-hydrogen) atoms. The van der Waals surface area contributed by atoms with Crippen molar-refractivity contribution in [3.8, 4) is 0 Å². The van der Waals surface area contributed by atoms with Gasteiger partial charge < -0.3 is 10.6 Å². The Kier molecular flexibility index (Phi) is 5.93. The molecule has 1 heterocycles. The second-order valence-electron chi connectivity index (χ2n) is 6.44. The summed E-state index contributed by atoms with van der Waals surface area (Å²) in [7, 11) is 0. The van der Waals surface area contributed by atoms with E-state index in [2.05, 4.69) is 20.6 Å². The van der Waals surface area contributed by atoms with E-state index >= 15 is 0 Å². The van der Waals surface area contributed by atoms with Crippen LogP contribution in [0, 0.1) is 5.82 Å². The van der Waals surface area contributed by atoms with Crippen molar-refractivity contribution in [1.82, 2.24) is 15.3 Å². The number of nitrogens with zero attached hydrogens (tertiary/aromatic N) is 2. The maximum Gasteiger partial charge on any atom is 0.254 e. The van der Waals surface area contributed by atoms with Gasteiger partial charge in [-0.1, -0.05) is 37.8 Å². The Hall–Kier alpha value is -2.50. The summed E-state index contributed by atoms with van der Waals surface area (Å²) in [6, 6.07) is 6.50. The van der Waals surface area contributed by atoms with Gasteiger partial charge in [0.2, 0.25) is 5.95 Å². The molecule has 0 bridgehead atoms. The molecule has 6 heteroatoms. The quantitative estimate of drug-likeness (QED) is 0.814. The summed E-state index contributed by atoms with van der Waals surface area (Å²) in [5, 5.41) is 6.14. The topological polar surface area (TPSA) is 66.9 Å². The Bertz CT molecular complexity index is 680. The molecule has 5 nitrogen and oxygen atoms in total. The lowest BCUT2D eigenvalue weighted by Gasteiger charge is -2.16. The minimum absolute atomic E-state index is 0.114. The third kappa shape index (κ3) is 5.24. The predicted molar refractivity (Wildman–Crippen MR) is 94.7 cm³/mol. The Balaban J connectivity index is 1.52. The van der Waals surface area contributed by atoms with E-state index < -0.39 is 0 Å². The van der Waals surface area contributed by atoms with Crippen LogP contribution in [0.4, 0.5) is 10.3 Å². The Morgan fingerprint density at radius 2 is 1.68 bits per heavy atom. The average molecular weight is 342 g/mol. The van der Waals surface area contributed by atoms with Crippen molar-refractivity contribution in [3.05, 3.63) is 53.6 Å². The molecule has 132 valence electrons. The monoisotopic (exact) mass is 342 g/mol. The third-order valence-electron chi connectivity index (χ3n) is 4.47. The van der Waals surface area contributed by atoms with Gasteiger partial charge in [0.15, 0.2) is 0 Å². The third-order valence-corrected chi connectivity index (χ3v) is 4.47. The first-order valence-electron chi connectivity index (χ1n) is 8.82. The molecule has 2 aromatic rings. The zero-order valence-electron chi connectivity index (χ0n) is 14.2. The fraction of sp³-hybridized carbons (Fsp3) is 0.421. The fourth-order valence-corrected chi connectivity index (χ4v) is 3.01. The molecule has 3 rings (SSSR count). The standard InChI is InChI=1S/C19H23FN4O/c20-16-9-7-14(8-10-16)11-21-19-22-12-15(13-23-19)18(25)24-17-5-3-1-2-4-6-17/h7-10,12-13,17H,1-6,11H2,(H,24,25)(H,21,22,23). The fourth-order valence-electron chi connectivity index (χ4n) is 3.01. The molecule has 0 atom stereocenters. The normalized spacial score (nSPS) is 15.4. The van der Waals surface area contributed by atoms with Gasteiger partial charge in [-0.25, -0.2) is 14.4 Å². The Morgan fingerprint density at radius 1 is 1.04 bits per heavy atom. The molecule has 1 fully saturated rings. The first kappa shape index (κ1) is 17.3. The number of hydrogen-bond donors (Lipinski definition) is 2. The molecule has 1 aliphatic rings. The number of carbonyl (C=O) groups excluding carboxylic acids is 1. The van der Waals surface area contributed by atoms with Crippen molar-refractivity contribution in [2.45, 2.75) is 51.1 Å². The summed E-state index contributed by atoms with van der Waals surface area (Å²) in [5.41, 5.74) is 1.40. The van der Waals surface area contributed by atoms with Gasteiger partial charge in [-0.05, 0) is 30.5 Å². The zero-order valence-corrected chi connectivity index (χ0v) is 14.2. The summed E-state index contributed by atoms with van der Waals surface area (Å²) in [6.07, 6.45) is 10.0. The molecule has 0 aliphatic heterocycles.